The second-order valence-electron chi connectivity index (χ2n) is 6.49. The number of carbonyl (C=O) groups is 1. The second-order valence-corrected chi connectivity index (χ2v) is 6.49. The van der Waals surface area contributed by atoms with Crippen LogP contribution in [0, 0.1) is 0 Å². The zero-order valence-electron chi connectivity index (χ0n) is 12.4. The third kappa shape index (κ3) is 2.40. The molecule has 4 rings (SSSR count). The fourth-order valence-corrected chi connectivity index (χ4v) is 4.09. The van der Waals surface area contributed by atoms with E-state index >= 15 is 0 Å². The summed E-state index contributed by atoms with van der Waals surface area (Å²) in [7, 11) is 0. The highest BCUT2D eigenvalue weighted by Gasteiger charge is 2.38. The number of rotatable bonds is 2. The lowest BCUT2D eigenvalue weighted by molar-refractivity contribution is -0.118. The van der Waals surface area contributed by atoms with E-state index in [2.05, 4.69) is 40.1 Å². The van der Waals surface area contributed by atoms with Gasteiger partial charge >= 0.3 is 0 Å². The van der Waals surface area contributed by atoms with Crippen LogP contribution in [0.5, 0.6) is 0 Å². The monoisotopic (exact) mass is 282 g/mol. The van der Waals surface area contributed by atoms with Crippen LogP contribution in [0.2, 0.25) is 0 Å². The quantitative estimate of drug-likeness (QED) is 0.833. The molecule has 0 N–H and O–H groups in total. The predicted octanol–water partition coefficient (Wildman–Crippen LogP) is 2.58. The van der Waals surface area contributed by atoms with Gasteiger partial charge in [0.2, 0.25) is 0 Å². The number of hydrogen-bond donors (Lipinski definition) is 0. The number of ketones is 1. The largest absolute Gasteiger partial charge is 0.371 e. The van der Waals surface area contributed by atoms with Crippen molar-refractivity contribution in [2.24, 2.45) is 0 Å². The molecule has 110 valence electrons. The number of hydrogen-bond acceptors (Lipinski definition) is 3. The molecule has 1 saturated heterocycles. The Kier molecular flexibility index (Phi) is 3.30. The zero-order valence-corrected chi connectivity index (χ0v) is 12.4. The predicted molar refractivity (Wildman–Crippen MR) is 82.7 cm³/mol. The second kappa shape index (κ2) is 5.30. The molecule has 0 spiro atoms. The van der Waals surface area contributed by atoms with Gasteiger partial charge in [-0.25, -0.2) is 0 Å². The summed E-state index contributed by atoms with van der Waals surface area (Å²) in [5.74, 6) is 0.408. The highest BCUT2D eigenvalue weighted by molar-refractivity contribution is 5.98. The lowest BCUT2D eigenvalue weighted by Crippen LogP contribution is -2.44. The SMILES string of the molecule is O=C1CC2CCCN2C2=C1CN(Cc1ccccc1)CC2. The first kappa shape index (κ1) is 13.1. The van der Waals surface area contributed by atoms with E-state index in [-0.39, 0.29) is 0 Å². The van der Waals surface area contributed by atoms with Gasteiger partial charge in [0.15, 0.2) is 5.78 Å². The van der Waals surface area contributed by atoms with E-state index in [1.807, 2.05) is 0 Å². The molecule has 0 radical (unpaired) electrons. The first-order chi connectivity index (χ1) is 10.3. The van der Waals surface area contributed by atoms with Crippen LogP contribution >= 0.6 is 0 Å². The first-order valence-electron chi connectivity index (χ1n) is 8.09. The van der Waals surface area contributed by atoms with Gasteiger partial charge in [-0.3, -0.25) is 9.69 Å². The van der Waals surface area contributed by atoms with Crippen LogP contribution in [0.1, 0.15) is 31.2 Å². The van der Waals surface area contributed by atoms with Gasteiger partial charge < -0.3 is 4.90 Å². The molecular formula is C18H22N2O. The molecule has 1 aromatic carbocycles. The third-order valence-electron chi connectivity index (χ3n) is 5.13. The van der Waals surface area contributed by atoms with E-state index in [9.17, 15) is 4.79 Å². The topological polar surface area (TPSA) is 23.6 Å². The molecule has 3 aliphatic heterocycles. The number of benzene rings is 1. The Hall–Kier alpha value is -1.61. The Morgan fingerprint density at radius 2 is 2.00 bits per heavy atom. The maximum absolute atomic E-state index is 12.5. The van der Waals surface area contributed by atoms with Gasteiger partial charge in [0.05, 0.1) is 0 Å². The van der Waals surface area contributed by atoms with Crippen molar-refractivity contribution in [2.45, 2.75) is 38.3 Å². The average molecular weight is 282 g/mol. The van der Waals surface area contributed by atoms with Crippen LogP contribution < -0.4 is 0 Å². The summed E-state index contributed by atoms with van der Waals surface area (Å²) in [5.41, 5.74) is 3.82. The van der Waals surface area contributed by atoms with Crippen molar-refractivity contribution in [2.75, 3.05) is 19.6 Å². The van der Waals surface area contributed by atoms with E-state index in [0.717, 1.165) is 44.6 Å². The summed E-state index contributed by atoms with van der Waals surface area (Å²) >= 11 is 0. The molecule has 0 saturated carbocycles. The van der Waals surface area contributed by atoms with Crippen molar-refractivity contribution in [3.63, 3.8) is 0 Å². The summed E-state index contributed by atoms with van der Waals surface area (Å²) < 4.78 is 0. The van der Waals surface area contributed by atoms with Crippen LogP contribution in [0.25, 0.3) is 0 Å². The van der Waals surface area contributed by atoms with E-state index in [0.29, 0.717) is 11.8 Å². The van der Waals surface area contributed by atoms with Crippen LogP contribution in [0.3, 0.4) is 0 Å². The summed E-state index contributed by atoms with van der Waals surface area (Å²) in [6.07, 6.45) is 4.25. The lowest BCUT2D eigenvalue weighted by Gasteiger charge is -2.40. The molecule has 3 heterocycles. The molecule has 1 unspecified atom stereocenters. The van der Waals surface area contributed by atoms with Crippen LogP contribution in [0.15, 0.2) is 41.6 Å². The molecule has 1 aromatic rings. The molecule has 1 fully saturated rings. The Bertz CT molecular complexity index is 578. The van der Waals surface area contributed by atoms with Gasteiger partial charge in [-0.2, -0.15) is 0 Å². The van der Waals surface area contributed by atoms with Crippen LogP contribution in [0.4, 0.5) is 0 Å². The minimum absolute atomic E-state index is 0.408. The van der Waals surface area contributed by atoms with Crippen molar-refractivity contribution in [1.29, 1.82) is 0 Å². The summed E-state index contributed by atoms with van der Waals surface area (Å²) in [6, 6.07) is 11.1. The van der Waals surface area contributed by atoms with Crippen molar-refractivity contribution in [3.05, 3.63) is 47.2 Å². The third-order valence-corrected chi connectivity index (χ3v) is 5.13. The Morgan fingerprint density at radius 3 is 2.86 bits per heavy atom. The van der Waals surface area contributed by atoms with E-state index in [4.69, 9.17) is 0 Å². The Labute approximate surface area is 126 Å². The standard InChI is InChI=1S/C18H22N2O/c21-18-11-15-7-4-9-20(15)17-8-10-19(13-16(17)18)12-14-5-2-1-3-6-14/h1-3,5-6,15H,4,7-13H2. The highest BCUT2D eigenvalue weighted by atomic mass is 16.1. The van der Waals surface area contributed by atoms with Gasteiger partial charge in [0, 0.05) is 56.3 Å². The molecule has 0 aliphatic carbocycles. The Morgan fingerprint density at radius 1 is 1.14 bits per heavy atom. The molecule has 3 aliphatic rings. The average Bonchev–Trinajstić information content (AvgIpc) is 2.97. The van der Waals surface area contributed by atoms with Crippen molar-refractivity contribution >= 4 is 5.78 Å². The lowest BCUT2D eigenvalue weighted by atomic mass is 9.91. The van der Waals surface area contributed by atoms with Gasteiger partial charge in [-0.15, -0.1) is 0 Å². The number of nitrogens with zero attached hydrogens (tertiary/aromatic N) is 2. The molecule has 0 amide bonds. The fourth-order valence-electron chi connectivity index (χ4n) is 4.09. The molecule has 3 nitrogen and oxygen atoms in total. The maximum Gasteiger partial charge on any atom is 0.163 e. The zero-order chi connectivity index (χ0) is 14.2. The molecule has 3 heteroatoms. The minimum Gasteiger partial charge on any atom is -0.371 e. The van der Waals surface area contributed by atoms with E-state index in [1.54, 1.807) is 0 Å². The Balaban J connectivity index is 1.53. The van der Waals surface area contributed by atoms with E-state index in [1.165, 1.54) is 24.1 Å². The van der Waals surface area contributed by atoms with Gasteiger partial charge in [-0.1, -0.05) is 30.3 Å². The van der Waals surface area contributed by atoms with E-state index < -0.39 is 0 Å². The van der Waals surface area contributed by atoms with Gasteiger partial charge in [0.1, 0.15) is 0 Å². The molecule has 21 heavy (non-hydrogen) atoms. The minimum atomic E-state index is 0.408. The molecule has 0 aromatic heterocycles. The van der Waals surface area contributed by atoms with Gasteiger partial charge in [0.25, 0.3) is 0 Å². The van der Waals surface area contributed by atoms with Crippen molar-refractivity contribution < 1.29 is 4.79 Å². The molecule has 1 atom stereocenters. The number of Topliss-reactive ketones (excluding diaryl/α,β-unsaturated/α-hetero) is 1. The first-order valence-corrected chi connectivity index (χ1v) is 8.09. The highest BCUT2D eigenvalue weighted by Crippen LogP contribution is 2.36. The van der Waals surface area contributed by atoms with Crippen molar-refractivity contribution in [1.82, 2.24) is 9.80 Å². The fraction of sp³-hybridized carbons (Fsp3) is 0.500. The summed E-state index contributed by atoms with van der Waals surface area (Å²) in [5, 5.41) is 0. The smallest absolute Gasteiger partial charge is 0.163 e. The molecule has 0 bridgehead atoms. The van der Waals surface area contributed by atoms with Crippen LogP contribution in [-0.4, -0.2) is 41.3 Å². The maximum atomic E-state index is 12.5. The molecular weight excluding hydrogens is 260 g/mol. The summed E-state index contributed by atoms with van der Waals surface area (Å²) in [4.78, 5) is 17.4. The normalized spacial score (nSPS) is 26.0. The number of fused-ring (bicyclic) bond motifs is 2. The van der Waals surface area contributed by atoms with Gasteiger partial charge in [-0.05, 0) is 18.4 Å². The number of carbonyl (C=O) groups excluding carboxylic acids is 1. The summed E-state index contributed by atoms with van der Waals surface area (Å²) in [6.45, 7) is 4.03. The van der Waals surface area contributed by atoms with Crippen molar-refractivity contribution in [3.8, 4) is 0 Å². The van der Waals surface area contributed by atoms with Crippen LogP contribution in [-0.2, 0) is 11.3 Å².